The molecule has 0 saturated heterocycles. The smallest absolute Gasteiger partial charge is 0.267 e. The summed E-state index contributed by atoms with van der Waals surface area (Å²) in [5.74, 6) is -0.0665. The Kier molecular flexibility index (Phi) is 5.58. The van der Waals surface area contributed by atoms with Gasteiger partial charge in [-0.05, 0) is 42.8 Å². The fourth-order valence-electron chi connectivity index (χ4n) is 1.69. The highest BCUT2D eigenvalue weighted by atomic mass is 35.5. The molecule has 0 aliphatic rings. The number of hydrogen-bond acceptors (Lipinski definition) is 4. The van der Waals surface area contributed by atoms with Crippen LogP contribution in [0, 0.1) is 18.3 Å². The monoisotopic (exact) mass is 346 g/mol. The zero-order chi connectivity index (χ0) is 16.8. The molecule has 5 nitrogen and oxygen atoms in total. The molecule has 0 atom stereocenters. The van der Waals surface area contributed by atoms with E-state index < -0.39 is 5.91 Å². The Hall–Kier alpha value is -2.55. The first-order valence-electron chi connectivity index (χ1n) is 6.55. The van der Waals surface area contributed by atoms with E-state index in [-0.39, 0.29) is 5.57 Å². The van der Waals surface area contributed by atoms with Crippen molar-refractivity contribution in [1.29, 1.82) is 5.26 Å². The summed E-state index contributed by atoms with van der Waals surface area (Å²) < 4.78 is 0. The summed E-state index contributed by atoms with van der Waals surface area (Å²) in [6.07, 6.45) is 2.92. The third-order valence-electron chi connectivity index (χ3n) is 2.82. The van der Waals surface area contributed by atoms with E-state index in [1.54, 1.807) is 24.4 Å². The highest BCUT2D eigenvalue weighted by Crippen LogP contribution is 2.25. The van der Waals surface area contributed by atoms with Crippen molar-refractivity contribution in [2.24, 2.45) is 0 Å². The molecule has 0 unspecified atom stereocenters. The van der Waals surface area contributed by atoms with Gasteiger partial charge in [-0.2, -0.15) is 5.26 Å². The number of aromatic nitrogens is 1. The molecule has 1 amide bonds. The number of nitriles is 1. The number of nitrogens with one attached hydrogen (secondary N) is 2. The van der Waals surface area contributed by atoms with Crippen molar-refractivity contribution < 1.29 is 4.79 Å². The number of amides is 1. The highest BCUT2D eigenvalue weighted by Gasteiger charge is 2.11. The van der Waals surface area contributed by atoms with Gasteiger partial charge in [-0.1, -0.05) is 23.2 Å². The molecule has 1 aromatic carbocycles. The molecule has 2 N–H and O–H groups in total. The highest BCUT2D eigenvalue weighted by molar-refractivity contribution is 6.35. The summed E-state index contributed by atoms with van der Waals surface area (Å²) in [4.78, 5) is 16.2. The van der Waals surface area contributed by atoms with E-state index in [4.69, 9.17) is 28.5 Å². The molecular formula is C16H12Cl2N4O. The van der Waals surface area contributed by atoms with Crippen LogP contribution < -0.4 is 10.6 Å². The maximum Gasteiger partial charge on any atom is 0.267 e. The van der Waals surface area contributed by atoms with Crippen molar-refractivity contribution in [1.82, 2.24) is 4.98 Å². The third kappa shape index (κ3) is 4.71. The van der Waals surface area contributed by atoms with Crippen LogP contribution in [0.4, 0.5) is 11.5 Å². The summed E-state index contributed by atoms with van der Waals surface area (Å²) in [6, 6.07) is 10.1. The SMILES string of the molecule is Cc1ccnc(N/C=C(/C#N)C(=O)Nc2cc(Cl)ccc2Cl)c1. The van der Waals surface area contributed by atoms with Crippen LogP contribution in [0.2, 0.25) is 10.0 Å². The molecule has 7 heteroatoms. The molecule has 23 heavy (non-hydrogen) atoms. The molecule has 0 saturated carbocycles. The Morgan fingerprint density at radius 1 is 1.30 bits per heavy atom. The molecule has 0 aliphatic heterocycles. The Labute approximate surface area is 143 Å². The number of anilines is 2. The normalized spacial score (nSPS) is 10.8. The van der Waals surface area contributed by atoms with E-state index >= 15 is 0 Å². The van der Waals surface area contributed by atoms with E-state index in [9.17, 15) is 4.79 Å². The number of nitrogens with zero attached hydrogens (tertiary/aromatic N) is 2. The molecule has 0 fully saturated rings. The predicted molar refractivity (Wildman–Crippen MR) is 91.4 cm³/mol. The van der Waals surface area contributed by atoms with Crippen LogP contribution in [-0.2, 0) is 4.79 Å². The zero-order valence-electron chi connectivity index (χ0n) is 12.1. The van der Waals surface area contributed by atoms with Crippen molar-refractivity contribution in [2.75, 3.05) is 10.6 Å². The summed E-state index contributed by atoms with van der Waals surface area (Å²) >= 11 is 11.8. The van der Waals surface area contributed by atoms with Gasteiger partial charge < -0.3 is 10.6 Å². The van der Waals surface area contributed by atoms with Crippen molar-refractivity contribution in [3.8, 4) is 6.07 Å². The van der Waals surface area contributed by atoms with Crippen molar-refractivity contribution in [2.45, 2.75) is 6.92 Å². The third-order valence-corrected chi connectivity index (χ3v) is 3.39. The number of benzene rings is 1. The van der Waals surface area contributed by atoms with Gasteiger partial charge in [0.1, 0.15) is 17.5 Å². The van der Waals surface area contributed by atoms with Gasteiger partial charge in [-0.3, -0.25) is 4.79 Å². The number of aryl methyl sites for hydroxylation is 1. The largest absolute Gasteiger partial charge is 0.345 e. The maximum atomic E-state index is 12.1. The lowest BCUT2D eigenvalue weighted by molar-refractivity contribution is -0.112. The first-order chi connectivity index (χ1) is 11.0. The maximum absolute atomic E-state index is 12.1. The van der Waals surface area contributed by atoms with Gasteiger partial charge in [0.15, 0.2) is 0 Å². The standard InChI is InChI=1S/C16H12Cl2N4O/c1-10-4-5-20-15(6-10)21-9-11(8-19)16(23)22-14-7-12(17)2-3-13(14)18/h2-7,9H,1H3,(H,20,21)(H,22,23)/b11-9-. The number of carbonyl (C=O) groups excluding carboxylic acids is 1. The van der Waals surface area contributed by atoms with Crippen molar-refractivity contribution in [3.05, 3.63) is 63.9 Å². The number of pyridine rings is 1. The Balaban J connectivity index is 2.14. The van der Waals surface area contributed by atoms with Crippen LogP contribution in [0.1, 0.15) is 5.56 Å². The lowest BCUT2D eigenvalue weighted by atomic mass is 10.2. The molecule has 1 aromatic heterocycles. The number of halogens is 2. The van der Waals surface area contributed by atoms with Gasteiger partial charge in [0.25, 0.3) is 5.91 Å². The molecule has 1 heterocycles. The van der Waals surface area contributed by atoms with Gasteiger partial charge >= 0.3 is 0 Å². The van der Waals surface area contributed by atoms with Gasteiger partial charge in [0.05, 0.1) is 10.7 Å². The summed E-state index contributed by atoms with van der Waals surface area (Å²) in [5, 5.41) is 15.2. The van der Waals surface area contributed by atoms with Crippen molar-refractivity contribution in [3.63, 3.8) is 0 Å². The quantitative estimate of drug-likeness (QED) is 0.643. The molecule has 0 bridgehead atoms. The van der Waals surface area contributed by atoms with Gasteiger partial charge in [-0.25, -0.2) is 4.98 Å². The van der Waals surface area contributed by atoms with Crippen LogP contribution in [0.15, 0.2) is 48.3 Å². The number of rotatable bonds is 4. The second-order valence-electron chi connectivity index (χ2n) is 4.61. The van der Waals surface area contributed by atoms with Gasteiger partial charge in [-0.15, -0.1) is 0 Å². The van der Waals surface area contributed by atoms with Crippen molar-refractivity contribution >= 4 is 40.6 Å². The fourth-order valence-corrected chi connectivity index (χ4v) is 2.03. The second kappa shape index (κ2) is 7.63. The van der Waals surface area contributed by atoms with Crippen LogP contribution in [-0.4, -0.2) is 10.9 Å². The van der Waals surface area contributed by atoms with Crippen LogP contribution in [0.3, 0.4) is 0 Å². The molecule has 2 aromatic rings. The topological polar surface area (TPSA) is 77.8 Å². The lowest BCUT2D eigenvalue weighted by Gasteiger charge is -2.07. The second-order valence-corrected chi connectivity index (χ2v) is 5.45. The van der Waals surface area contributed by atoms with E-state index in [2.05, 4.69) is 15.6 Å². The molecule has 2 rings (SSSR count). The van der Waals surface area contributed by atoms with Crippen LogP contribution in [0.25, 0.3) is 0 Å². The average molecular weight is 347 g/mol. The zero-order valence-corrected chi connectivity index (χ0v) is 13.6. The van der Waals surface area contributed by atoms with E-state index in [1.807, 2.05) is 19.1 Å². The average Bonchev–Trinajstić information content (AvgIpc) is 2.51. The first kappa shape index (κ1) is 16.8. The molecule has 0 aliphatic carbocycles. The predicted octanol–water partition coefficient (Wildman–Crippen LogP) is 4.15. The van der Waals surface area contributed by atoms with E-state index in [1.165, 1.54) is 12.3 Å². The van der Waals surface area contributed by atoms with Crippen LogP contribution in [0.5, 0.6) is 0 Å². The summed E-state index contributed by atoms with van der Waals surface area (Å²) in [5.41, 5.74) is 1.22. The van der Waals surface area contributed by atoms with Crippen LogP contribution >= 0.6 is 23.2 Å². The molecule has 0 radical (unpaired) electrons. The Morgan fingerprint density at radius 3 is 2.78 bits per heavy atom. The van der Waals surface area contributed by atoms with E-state index in [0.29, 0.717) is 21.6 Å². The minimum atomic E-state index is -0.600. The fraction of sp³-hybridized carbons (Fsp3) is 0.0625. The molecule has 0 spiro atoms. The first-order valence-corrected chi connectivity index (χ1v) is 7.31. The summed E-state index contributed by atoms with van der Waals surface area (Å²) in [6.45, 7) is 1.91. The molecule has 116 valence electrons. The van der Waals surface area contributed by atoms with Gasteiger partial charge in [0, 0.05) is 17.4 Å². The molecular weight excluding hydrogens is 335 g/mol. The Morgan fingerprint density at radius 2 is 2.09 bits per heavy atom. The number of carbonyl (C=O) groups is 1. The Bertz CT molecular complexity index is 812. The minimum Gasteiger partial charge on any atom is -0.345 e. The minimum absolute atomic E-state index is 0.121. The number of hydrogen-bond donors (Lipinski definition) is 2. The van der Waals surface area contributed by atoms with E-state index in [0.717, 1.165) is 5.56 Å². The van der Waals surface area contributed by atoms with Gasteiger partial charge in [0.2, 0.25) is 0 Å². The lowest BCUT2D eigenvalue weighted by Crippen LogP contribution is -2.15. The summed E-state index contributed by atoms with van der Waals surface area (Å²) in [7, 11) is 0.